The van der Waals surface area contributed by atoms with Gasteiger partial charge in [-0.2, -0.15) is 0 Å². The lowest BCUT2D eigenvalue weighted by molar-refractivity contribution is -0.268. The molecule has 11 nitrogen and oxygen atoms in total. The lowest BCUT2D eigenvalue weighted by Crippen LogP contribution is -2.38. The Morgan fingerprint density at radius 3 is 2.43 bits per heavy atom. The predicted molar refractivity (Wildman–Crippen MR) is 173 cm³/mol. The molecule has 46 heavy (non-hydrogen) atoms. The van der Waals surface area contributed by atoms with E-state index in [0.717, 1.165) is 38.5 Å². The number of urea groups is 1. The third-order valence-corrected chi connectivity index (χ3v) is 8.89. The molecule has 1 saturated heterocycles. The maximum atomic E-state index is 12.1. The number of amides is 2. The molecule has 12 heteroatoms. The van der Waals surface area contributed by atoms with Crippen molar-refractivity contribution in [1.29, 1.82) is 0 Å². The number of carbonyl (C=O) groups is 2. The van der Waals surface area contributed by atoms with Crippen LogP contribution in [0.3, 0.4) is 0 Å². The molecule has 0 saturated carbocycles. The first-order valence-corrected chi connectivity index (χ1v) is 16.2. The summed E-state index contributed by atoms with van der Waals surface area (Å²) >= 11 is 1.60. The fourth-order valence-electron chi connectivity index (χ4n) is 5.17. The van der Waals surface area contributed by atoms with Gasteiger partial charge in [-0.1, -0.05) is 85.4 Å². The average molecular weight is 646 g/mol. The molecule has 1 fully saturated rings. The van der Waals surface area contributed by atoms with Crippen molar-refractivity contribution in [2.45, 2.75) is 50.7 Å². The van der Waals surface area contributed by atoms with E-state index >= 15 is 0 Å². The molecular formula is C34H39N5O6S. The predicted octanol–water partition coefficient (Wildman–Crippen LogP) is 4.92. The summed E-state index contributed by atoms with van der Waals surface area (Å²) in [6, 6.07) is 23.4. The number of benzene rings is 3. The number of nitrogens with one attached hydrogen (secondary N) is 2. The van der Waals surface area contributed by atoms with Gasteiger partial charge in [-0.25, -0.2) is 4.79 Å². The molecule has 0 spiro atoms. The van der Waals surface area contributed by atoms with E-state index in [9.17, 15) is 14.7 Å². The minimum Gasteiger partial charge on any atom is -0.465 e. The molecule has 2 amide bonds. The number of hydrogen-bond acceptors (Lipinski definition) is 9. The summed E-state index contributed by atoms with van der Waals surface area (Å²) in [6.07, 6.45) is 0.766. The summed E-state index contributed by atoms with van der Waals surface area (Å²) in [5, 5.41) is 23.8. The highest BCUT2D eigenvalue weighted by Gasteiger charge is 2.38. The van der Waals surface area contributed by atoms with Crippen LogP contribution in [0.1, 0.15) is 48.5 Å². The largest absolute Gasteiger partial charge is 0.465 e. The van der Waals surface area contributed by atoms with Gasteiger partial charge in [0.15, 0.2) is 11.4 Å². The number of carbonyl (C=O) groups excluding carboxylic acids is 2. The van der Waals surface area contributed by atoms with Crippen LogP contribution in [0.5, 0.6) is 0 Å². The highest BCUT2D eigenvalue weighted by molar-refractivity contribution is 7.99. The van der Waals surface area contributed by atoms with E-state index in [2.05, 4.69) is 27.8 Å². The second-order valence-electron chi connectivity index (χ2n) is 11.0. The first-order valence-electron chi connectivity index (χ1n) is 15.2. The summed E-state index contributed by atoms with van der Waals surface area (Å²) < 4.78 is 19.9. The fraction of sp³-hybridized carbons (Fsp3) is 0.353. The van der Waals surface area contributed by atoms with Crippen LogP contribution in [-0.4, -0.2) is 56.9 Å². The molecule has 5 rings (SSSR count). The summed E-state index contributed by atoms with van der Waals surface area (Å²) in [6.45, 7) is 4.22. The maximum absolute atomic E-state index is 12.1. The van der Waals surface area contributed by atoms with Gasteiger partial charge in [0, 0.05) is 30.8 Å². The number of aliphatic hydroxyl groups excluding tert-OH is 1. The third kappa shape index (κ3) is 8.52. The van der Waals surface area contributed by atoms with Crippen molar-refractivity contribution < 1.29 is 28.9 Å². The smallest absolute Gasteiger partial charge is 0.325 e. The van der Waals surface area contributed by atoms with Gasteiger partial charge in [-0.3, -0.25) is 4.79 Å². The van der Waals surface area contributed by atoms with Crippen LogP contribution < -0.4 is 10.6 Å². The molecule has 242 valence electrons. The number of aryl methyl sites for hydroxylation is 1. The first-order chi connectivity index (χ1) is 22.3. The zero-order chi connectivity index (χ0) is 32.5. The Labute approximate surface area is 272 Å². The molecule has 3 aromatic carbocycles. The Kier molecular flexibility index (Phi) is 11.4. The lowest BCUT2D eigenvalue weighted by atomic mass is 9.91. The minimum atomic E-state index is -0.582. The first kappa shape index (κ1) is 33.1. The highest BCUT2D eigenvalue weighted by atomic mass is 32.2. The van der Waals surface area contributed by atoms with E-state index in [1.807, 2.05) is 84.4 Å². The Bertz CT molecular complexity index is 1600. The molecule has 4 aromatic rings. The Morgan fingerprint density at radius 1 is 0.978 bits per heavy atom. The molecule has 1 aromatic heterocycles. The summed E-state index contributed by atoms with van der Waals surface area (Å²) in [5.41, 5.74) is 5.70. The van der Waals surface area contributed by atoms with Crippen LogP contribution in [0.15, 0.2) is 84.3 Å². The Morgan fingerprint density at radius 2 is 1.74 bits per heavy atom. The van der Waals surface area contributed by atoms with Gasteiger partial charge in [0.2, 0.25) is 0 Å². The highest BCUT2D eigenvalue weighted by Crippen LogP contribution is 2.43. The van der Waals surface area contributed by atoms with Gasteiger partial charge in [-0.15, -0.1) is 10.2 Å². The van der Waals surface area contributed by atoms with Crippen LogP contribution in [0, 0.1) is 5.92 Å². The molecule has 4 atom stereocenters. The molecule has 1 aliphatic heterocycles. The minimum absolute atomic E-state index is 0.0116. The molecule has 1 aliphatic rings. The van der Waals surface area contributed by atoms with Crippen LogP contribution in [0.25, 0.3) is 11.1 Å². The van der Waals surface area contributed by atoms with Crippen molar-refractivity contribution >= 4 is 23.8 Å². The second kappa shape index (κ2) is 15.9. The molecule has 0 radical (unpaired) electrons. The second-order valence-corrected chi connectivity index (χ2v) is 12.0. The number of ether oxygens (including phenoxy) is 3. The van der Waals surface area contributed by atoms with Crippen LogP contribution in [-0.2, 0) is 39.2 Å². The van der Waals surface area contributed by atoms with Gasteiger partial charge in [-0.05, 0) is 40.8 Å². The molecule has 0 bridgehead atoms. The van der Waals surface area contributed by atoms with Gasteiger partial charge < -0.3 is 34.5 Å². The number of aromatic nitrogens is 3. The normalized spacial score (nSPS) is 19.4. The Balaban J connectivity index is 1.28. The number of rotatable bonds is 12. The van der Waals surface area contributed by atoms with Gasteiger partial charge in [0.1, 0.15) is 12.9 Å². The SMILES string of the molecule is CCOC(=O)CNC(=O)NCc1cccc(-c2ccc(C3OC(CSc4nncn4C)C(C)C(c4ccc(CO)cc4)O3)cc2)c1. The van der Waals surface area contributed by atoms with E-state index in [1.54, 1.807) is 25.0 Å². The number of esters is 1. The monoisotopic (exact) mass is 645 g/mol. The van der Waals surface area contributed by atoms with Crippen molar-refractivity contribution in [2.24, 2.45) is 13.0 Å². The van der Waals surface area contributed by atoms with Gasteiger partial charge in [0.25, 0.3) is 0 Å². The molecule has 3 N–H and O–H groups in total. The van der Waals surface area contributed by atoms with Gasteiger partial charge in [0.05, 0.1) is 25.4 Å². The Hall–Kier alpha value is -4.23. The zero-order valence-corrected chi connectivity index (χ0v) is 26.9. The van der Waals surface area contributed by atoms with Gasteiger partial charge >= 0.3 is 12.0 Å². The maximum Gasteiger partial charge on any atom is 0.325 e. The number of hydrogen-bond donors (Lipinski definition) is 3. The number of aliphatic hydroxyl groups is 1. The molecule has 2 heterocycles. The third-order valence-electron chi connectivity index (χ3n) is 7.76. The van der Waals surface area contributed by atoms with Crippen LogP contribution in [0.2, 0.25) is 0 Å². The van der Waals surface area contributed by atoms with E-state index < -0.39 is 18.3 Å². The summed E-state index contributed by atoms with van der Waals surface area (Å²) in [7, 11) is 1.92. The van der Waals surface area contributed by atoms with Crippen LogP contribution in [0.4, 0.5) is 4.79 Å². The molecular weight excluding hydrogens is 606 g/mol. The van der Waals surface area contributed by atoms with Crippen molar-refractivity contribution in [2.75, 3.05) is 18.9 Å². The van der Waals surface area contributed by atoms with Crippen molar-refractivity contribution in [3.63, 3.8) is 0 Å². The average Bonchev–Trinajstić information content (AvgIpc) is 3.50. The fourth-order valence-corrected chi connectivity index (χ4v) is 6.22. The van der Waals surface area contributed by atoms with E-state index in [0.29, 0.717) is 12.3 Å². The van der Waals surface area contributed by atoms with Crippen LogP contribution >= 0.6 is 11.8 Å². The van der Waals surface area contributed by atoms with Crippen molar-refractivity contribution in [3.05, 3.63) is 101 Å². The van der Waals surface area contributed by atoms with E-state index in [1.165, 1.54) is 0 Å². The van der Waals surface area contributed by atoms with Crippen molar-refractivity contribution in [1.82, 2.24) is 25.4 Å². The topological polar surface area (TPSA) is 137 Å². The lowest BCUT2D eigenvalue weighted by Gasteiger charge is -2.41. The van der Waals surface area contributed by atoms with Crippen molar-refractivity contribution in [3.8, 4) is 11.1 Å². The summed E-state index contributed by atoms with van der Waals surface area (Å²) in [5.74, 6) is 0.253. The zero-order valence-electron chi connectivity index (χ0n) is 26.1. The number of nitrogens with zero attached hydrogens (tertiary/aromatic N) is 3. The standard InChI is InChI=1S/C34H39N5O6S/c1-4-43-30(41)18-36-33(42)35-17-24-6-5-7-28(16-24)25-12-14-27(15-13-25)32-44-29(20-46-34-38-37-21-39(34)3)22(2)31(45-32)26-10-8-23(19-40)9-11-26/h5-16,21-22,29,31-32,40H,4,17-20H2,1-3H3,(H2,35,36,42). The number of thioether (sulfide) groups is 1. The molecule has 0 aliphatic carbocycles. The van der Waals surface area contributed by atoms with E-state index in [-0.39, 0.29) is 37.9 Å². The summed E-state index contributed by atoms with van der Waals surface area (Å²) in [4.78, 5) is 23.6. The molecule has 4 unspecified atom stereocenters. The quantitative estimate of drug-likeness (QED) is 0.145. The van der Waals surface area contributed by atoms with E-state index in [4.69, 9.17) is 14.2 Å².